The second-order valence-electron chi connectivity index (χ2n) is 6.61. The molecule has 6 heteroatoms. The van der Waals surface area contributed by atoms with Crippen LogP contribution in [0.5, 0.6) is 11.5 Å². The molecule has 0 aliphatic carbocycles. The Hall–Kier alpha value is -2.34. The van der Waals surface area contributed by atoms with Crippen molar-refractivity contribution in [3.8, 4) is 11.5 Å². The average Bonchev–Trinajstić information content (AvgIpc) is 3.01. The molecule has 0 spiro atoms. The molecule has 136 valence electrons. The van der Waals surface area contributed by atoms with Crippen LogP contribution < -0.4 is 9.47 Å². The van der Waals surface area contributed by atoms with Crippen molar-refractivity contribution in [3.05, 3.63) is 48.1 Å². The third-order valence-electron chi connectivity index (χ3n) is 3.80. The topological polar surface area (TPSA) is 52.4 Å². The van der Waals surface area contributed by atoms with Gasteiger partial charge >= 0.3 is 0 Å². The Morgan fingerprint density at radius 2 is 2.08 bits per heavy atom. The first kappa shape index (κ1) is 19.0. The molecule has 0 unspecified atom stereocenters. The molecule has 0 atom stereocenters. The fourth-order valence-electron chi connectivity index (χ4n) is 2.60. The van der Waals surface area contributed by atoms with Crippen LogP contribution >= 0.6 is 0 Å². The molecular weight excluding hydrogens is 316 g/mol. The lowest BCUT2D eigenvalue weighted by Crippen LogP contribution is -2.21. The van der Waals surface area contributed by atoms with Gasteiger partial charge in [0.2, 0.25) is 0 Å². The van der Waals surface area contributed by atoms with Gasteiger partial charge < -0.3 is 14.0 Å². The average molecular weight is 344 g/mol. The minimum absolute atomic E-state index is 0.338. The Morgan fingerprint density at radius 1 is 1.32 bits per heavy atom. The maximum absolute atomic E-state index is 5.93. The van der Waals surface area contributed by atoms with E-state index in [0.29, 0.717) is 25.7 Å². The van der Waals surface area contributed by atoms with Crippen molar-refractivity contribution in [1.82, 2.24) is 19.7 Å². The zero-order chi connectivity index (χ0) is 18.4. The maximum Gasteiger partial charge on any atom is 0.166 e. The first-order chi connectivity index (χ1) is 11.9. The van der Waals surface area contributed by atoms with Crippen LogP contribution in [0.4, 0.5) is 0 Å². The molecular formula is C19H28N4O2. The molecule has 0 saturated carbocycles. The molecule has 2 rings (SSSR count). The standard InChI is InChI=1S/C19H28N4O2/c1-14(2)12-25-19-16(8-7-9-17(19)24-6)10-22(5)11-18-21-20-13-23(18)15(3)4/h7-9,13,15H,1,10-12H2,2-6H3. The molecule has 6 nitrogen and oxygen atoms in total. The van der Waals surface area contributed by atoms with Crippen molar-refractivity contribution < 1.29 is 9.47 Å². The highest BCUT2D eigenvalue weighted by molar-refractivity contribution is 5.46. The highest BCUT2D eigenvalue weighted by Gasteiger charge is 2.15. The smallest absolute Gasteiger partial charge is 0.166 e. The molecule has 0 N–H and O–H groups in total. The van der Waals surface area contributed by atoms with Gasteiger partial charge in [0, 0.05) is 18.2 Å². The fraction of sp³-hybridized carbons (Fsp3) is 0.474. The summed E-state index contributed by atoms with van der Waals surface area (Å²) in [6.45, 7) is 12.0. The highest BCUT2D eigenvalue weighted by atomic mass is 16.5. The van der Waals surface area contributed by atoms with E-state index in [-0.39, 0.29) is 0 Å². The van der Waals surface area contributed by atoms with E-state index >= 15 is 0 Å². The summed E-state index contributed by atoms with van der Waals surface area (Å²) in [6.07, 6.45) is 1.78. The van der Waals surface area contributed by atoms with Crippen molar-refractivity contribution in [2.75, 3.05) is 20.8 Å². The molecule has 2 aromatic rings. The van der Waals surface area contributed by atoms with Gasteiger partial charge in [-0.1, -0.05) is 18.7 Å². The quantitative estimate of drug-likeness (QED) is 0.652. The normalized spacial score (nSPS) is 11.2. The number of ether oxygens (including phenoxy) is 2. The van der Waals surface area contributed by atoms with Gasteiger partial charge in [0.1, 0.15) is 18.8 Å². The summed E-state index contributed by atoms with van der Waals surface area (Å²) in [7, 11) is 3.71. The van der Waals surface area contributed by atoms with Crippen LogP contribution in [0.15, 0.2) is 36.7 Å². The second-order valence-corrected chi connectivity index (χ2v) is 6.61. The van der Waals surface area contributed by atoms with E-state index in [4.69, 9.17) is 9.47 Å². The van der Waals surface area contributed by atoms with Crippen molar-refractivity contribution >= 4 is 0 Å². The van der Waals surface area contributed by atoms with Crippen LogP contribution in [0, 0.1) is 0 Å². The van der Waals surface area contributed by atoms with Crippen LogP contribution in [0.25, 0.3) is 0 Å². The summed E-state index contributed by atoms with van der Waals surface area (Å²) in [5, 5.41) is 8.27. The summed E-state index contributed by atoms with van der Waals surface area (Å²) in [5.41, 5.74) is 2.04. The number of nitrogens with zero attached hydrogens (tertiary/aromatic N) is 4. The number of rotatable bonds is 9. The van der Waals surface area contributed by atoms with E-state index in [0.717, 1.165) is 28.5 Å². The van der Waals surface area contributed by atoms with Crippen molar-refractivity contribution in [2.45, 2.75) is 39.9 Å². The summed E-state index contributed by atoms with van der Waals surface area (Å²) in [4.78, 5) is 2.19. The van der Waals surface area contributed by atoms with Gasteiger partial charge in [0.05, 0.1) is 13.7 Å². The number of para-hydroxylation sites is 1. The van der Waals surface area contributed by atoms with Gasteiger partial charge in [-0.15, -0.1) is 10.2 Å². The van der Waals surface area contributed by atoms with E-state index in [1.165, 1.54) is 0 Å². The van der Waals surface area contributed by atoms with Crippen molar-refractivity contribution in [3.63, 3.8) is 0 Å². The van der Waals surface area contributed by atoms with Gasteiger partial charge in [-0.3, -0.25) is 4.90 Å². The molecule has 0 saturated heterocycles. The third-order valence-corrected chi connectivity index (χ3v) is 3.80. The van der Waals surface area contributed by atoms with E-state index in [2.05, 4.69) is 53.2 Å². The second kappa shape index (κ2) is 8.67. The number of hydrogen-bond acceptors (Lipinski definition) is 5. The number of methoxy groups -OCH3 is 1. The predicted octanol–water partition coefficient (Wildman–Crippen LogP) is 3.45. The number of benzene rings is 1. The van der Waals surface area contributed by atoms with Gasteiger partial charge in [-0.05, 0) is 39.5 Å². The lowest BCUT2D eigenvalue weighted by molar-refractivity contribution is 0.281. The fourth-order valence-corrected chi connectivity index (χ4v) is 2.60. The predicted molar refractivity (Wildman–Crippen MR) is 98.9 cm³/mol. The minimum Gasteiger partial charge on any atom is -0.493 e. The molecule has 0 amide bonds. The largest absolute Gasteiger partial charge is 0.493 e. The van der Waals surface area contributed by atoms with E-state index < -0.39 is 0 Å². The molecule has 0 bridgehead atoms. The Labute approximate surface area is 150 Å². The van der Waals surface area contributed by atoms with E-state index in [9.17, 15) is 0 Å². The maximum atomic E-state index is 5.93. The zero-order valence-corrected chi connectivity index (χ0v) is 15.8. The monoisotopic (exact) mass is 344 g/mol. The Bertz CT molecular complexity index is 709. The number of hydrogen-bond donors (Lipinski definition) is 0. The molecule has 0 radical (unpaired) electrons. The Balaban J connectivity index is 2.15. The van der Waals surface area contributed by atoms with Gasteiger partial charge in [-0.25, -0.2) is 0 Å². The minimum atomic E-state index is 0.338. The Morgan fingerprint density at radius 3 is 2.72 bits per heavy atom. The van der Waals surface area contributed by atoms with Crippen LogP contribution in [0.1, 0.15) is 38.2 Å². The summed E-state index contributed by atoms with van der Waals surface area (Å²) < 4.78 is 13.5. The van der Waals surface area contributed by atoms with Gasteiger partial charge in [-0.2, -0.15) is 0 Å². The van der Waals surface area contributed by atoms with Crippen LogP contribution in [0.2, 0.25) is 0 Å². The molecule has 1 aromatic carbocycles. The van der Waals surface area contributed by atoms with Gasteiger partial charge in [0.15, 0.2) is 11.5 Å². The molecule has 0 aliphatic heterocycles. The van der Waals surface area contributed by atoms with Gasteiger partial charge in [0.25, 0.3) is 0 Å². The molecule has 1 aromatic heterocycles. The van der Waals surface area contributed by atoms with Crippen LogP contribution in [-0.4, -0.2) is 40.4 Å². The lowest BCUT2D eigenvalue weighted by atomic mass is 10.1. The van der Waals surface area contributed by atoms with E-state index in [1.807, 2.05) is 19.1 Å². The highest BCUT2D eigenvalue weighted by Crippen LogP contribution is 2.32. The SMILES string of the molecule is C=C(C)COc1c(CN(C)Cc2nncn2C(C)C)cccc1OC. The van der Waals surface area contributed by atoms with Crippen LogP contribution in [0.3, 0.4) is 0 Å². The first-order valence-electron chi connectivity index (χ1n) is 8.42. The zero-order valence-electron chi connectivity index (χ0n) is 15.8. The molecule has 0 fully saturated rings. The first-order valence-corrected chi connectivity index (χ1v) is 8.42. The lowest BCUT2D eigenvalue weighted by Gasteiger charge is -2.21. The number of aromatic nitrogens is 3. The molecule has 1 heterocycles. The Kier molecular flexibility index (Phi) is 6.58. The van der Waals surface area contributed by atoms with E-state index in [1.54, 1.807) is 13.4 Å². The van der Waals surface area contributed by atoms with Crippen molar-refractivity contribution in [2.24, 2.45) is 0 Å². The van der Waals surface area contributed by atoms with Crippen LogP contribution in [-0.2, 0) is 13.1 Å². The summed E-state index contributed by atoms with van der Waals surface area (Å²) >= 11 is 0. The molecule has 25 heavy (non-hydrogen) atoms. The summed E-state index contributed by atoms with van der Waals surface area (Å²) in [5.74, 6) is 2.45. The molecule has 0 aliphatic rings. The summed E-state index contributed by atoms with van der Waals surface area (Å²) in [6, 6.07) is 6.28. The van der Waals surface area contributed by atoms with Crippen molar-refractivity contribution in [1.29, 1.82) is 0 Å². The third kappa shape index (κ3) is 5.06.